The van der Waals surface area contributed by atoms with Gasteiger partial charge in [-0.2, -0.15) is 13.2 Å². The quantitative estimate of drug-likeness (QED) is 0.746. The normalized spacial score (nSPS) is 11.7. The smallest absolute Gasteiger partial charge is 0.350 e. The lowest BCUT2D eigenvalue weighted by Gasteiger charge is -2.13. The summed E-state index contributed by atoms with van der Waals surface area (Å²) in [6.07, 6.45) is -4.55. The fraction of sp³-hybridized carbons (Fsp3) is 0.211. The number of hydrogen-bond acceptors (Lipinski definition) is 1. The second-order valence-corrected chi connectivity index (χ2v) is 5.80. The molecule has 1 N–H and O–H groups in total. The van der Waals surface area contributed by atoms with Crippen molar-refractivity contribution in [2.45, 2.75) is 19.6 Å². The average Bonchev–Trinajstić information content (AvgIpc) is 2.90. The Hall–Kier alpha value is -2.76. The second kappa shape index (κ2) is 6.63. The molecule has 3 nitrogen and oxygen atoms in total. The molecule has 0 saturated heterocycles. The Balaban J connectivity index is 1.72. The summed E-state index contributed by atoms with van der Waals surface area (Å²) >= 11 is 0. The summed E-state index contributed by atoms with van der Waals surface area (Å²) < 4.78 is 41.0. The van der Waals surface area contributed by atoms with Crippen molar-refractivity contribution in [3.8, 4) is 0 Å². The molecular weight excluding hydrogens is 329 g/mol. The van der Waals surface area contributed by atoms with E-state index in [1.165, 1.54) is 18.2 Å². The minimum atomic E-state index is -4.55. The molecule has 0 aliphatic carbocycles. The maximum atomic E-state index is 13.0. The number of rotatable bonds is 4. The maximum Gasteiger partial charge on any atom is 0.417 e. The molecule has 25 heavy (non-hydrogen) atoms. The lowest BCUT2D eigenvalue weighted by atomic mass is 10.1. The van der Waals surface area contributed by atoms with Gasteiger partial charge < -0.3 is 9.88 Å². The molecule has 3 rings (SSSR count). The molecule has 0 bridgehead atoms. The van der Waals surface area contributed by atoms with E-state index in [0.29, 0.717) is 6.54 Å². The highest BCUT2D eigenvalue weighted by Crippen LogP contribution is 2.31. The van der Waals surface area contributed by atoms with Crippen molar-refractivity contribution in [2.24, 2.45) is 0 Å². The third kappa shape index (κ3) is 3.52. The molecule has 6 heteroatoms. The van der Waals surface area contributed by atoms with Gasteiger partial charge in [0, 0.05) is 24.3 Å². The molecule has 1 aromatic heterocycles. The van der Waals surface area contributed by atoms with Crippen molar-refractivity contribution in [2.75, 3.05) is 6.54 Å². The van der Waals surface area contributed by atoms with E-state index in [1.807, 2.05) is 41.8 Å². The van der Waals surface area contributed by atoms with Crippen molar-refractivity contribution in [1.29, 1.82) is 0 Å². The topological polar surface area (TPSA) is 34.0 Å². The number of nitrogens with one attached hydrogen (secondary N) is 1. The van der Waals surface area contributed by atoms with Gasteiger partial charge in [-0.1, -0.05) is 30.3 Å². The zero-order valence-corrected chi connectivity index (χ0v) is 13.6. The Morgan fingerprint density at radius 1 is 1.08 bits per heavy atom. The zero-order chi connectivity index (χ0) is 18.0. The number of aromatic nitrogens is 1. The summed E-state index contributed by atoms with van der Waals surface area (Å²) in [6.45, 7) is 2.69. The molecule has 0 spiro atoms. The van der Waals surface area contributed by atoms with Gasteiger partial charge in [0.1, 0.15) is 0 Å². The van der Waals surface area contributed by atoms with E-state index in [1.54, 1.807) is 0 Å². The third-order valence-corrected chi connectivity index (χ3v) is 4.12. The van der Waals surface area contributed by atoms with E-state index in [9.17, 15) is 18.0 Å². The highest BCUT2D eigenvalue weighted by Gasteiger charge is 2.34. The van der Waals surface area contributed by atoms with Gasteiger partial charge in [-0.15, -0.1) is 0 Å². The van der Waals surface area contributed by atoms with Crippen LogP contribution in [0.4, 0.5) is 13.2 Å². The summed E-state index contributed by atoms with van der Waals surface area (Å²) in [5, 5.41) is 3.67. The Morgan fingerprint density at radius 3 is 2.52 bits per heavy atom. The fourth-order valence-corrected chi connectivity index (χ4v) is 2.95. The first-order valence-corrected chi connectivity index (χ1v) is 7.87. The minimum absolute atomic E-state index is 0.241. The summed E-state index contributed by atoms with van der Waals surface area (Å²) in [6, 6.07) is 14.7. The largest absolute Gasteiger partial charge is 0.417 e. The second-order valence-electron chi connectivity index (χ2n) is 5.80. The van der Waals surface area contributed by atoms with Crippen LogP contribution in [0.25, 0.3) is 10.9 Å². The number of aryl methyl sites for hydroxylation is 1. The van der Waals surface area contributed by atoms with E-state index in [4.69, 9.17) is 0 Å². The molecule has 0 radical (unpaired) electrons. The zero-order valence-electron chi connectivity index (χ0n) is 13.6. The number of alkyl halides is 3. The number of benzene rings is 2. The summed E-state index contributed by atoms with van der Waals surface area (Å²) in [5.74, 6) is -0.720. The average molecular weight is 346 g/mol. The highest BCUT2D eigenvalue weighted by atomic mass is 19.4. The number of carbonyl (C=O) groups excluding carboxylic acids is 1. The maximum absolute atomic E-state index is 13.0. The van der Waals surface area contributed by atoms with Crippen molar-refractivity contribution in [1.82, 2.24) is 9.88 Å². The van der Waals surface area contributed by atoms with Crippen LogP contribution in [-0.4, -0.2) is 17.0 Å². The Bertz CT molecular complexity index is 912. The monoisotopic (exact) mass is 346 g/mol. The molecule has 0 unspecified atom stereocenters. The number of para-hydroxylation sites is 1. The van der Waals surface area contributed by atoms with Gasteiger partial charge >= 0.3 is 6.18 Å². The van der Waals surface area contributed by atoms with Crippen LogP contribution < -0.4 is 5.32 Å². The van der Waals surface area contributed by atoms with Gasteiger partial charge in [-0.05, 0) is 36.6 Å². The van der Waals surface area contributed by atoms with Gasteiger partial charge in [0.2, 0.25) is 0 Å². The molecule has 1 amide bonds. The lowest BCUT2D eigenvalue weighted by molar-refractivity contribution is -0.137. The number of fused-ring (bicyclic) bond motifs is 1. The van der Waals surface area contributed by atoms with Gasteiger partial charge in [0.15, 0.2) is 0 Å². The molecule has 0 saturated carbocycles. The predicted molar refractivity (Wildman–Crippen MR) is 90.5 cm³/mol. The van der Waals surface area contributed by atoms with Crippen molar-refractivity contribution in [3.63, 3.8) is 0 Å². The van der Waals surface area contributed by atoms with Crippen LogP contribution in [-0.2, 0) is 12.7 Å². The molecule has 0 fully saturated rings. The summed E-state index contributed by atoms with van der Waals surface area (Å²) in [5.41, 5.74) is 0.787. The molecule has 2 aromatic carbocycles. The first-order chi connectivity index (χ1) is 11.9. The van der Waals surface area contributed by atoms with Gasteiger partial charge in [-0.3, -0.25) is 4.79 Å². The number of halogens is 3. The molecule has 0 aliphatic rings. The molecular formula is C19H17F3N2O. The first kappa shape index (κ1) is 17.1. The molecule has 0 aliphatic heterocycles. The summed E-state index contributed by atoms with van der Waals surface area (Å²) in [7, 11) is 0. The van der Waals surface area contributed by atoms with Crippen LogP contribution in [0.15, 0.2) is 54.6 Å². The van der Waals surface area contributed by atoms with Crippen molar-refractivity contribution >= 4 is 16.8 Å². The summed E-state index contributed by atoms with van der Waals surface area (Å²) in [4.78, 5) is 12.2. The molecule has 130 valence electrons. The molecule has 1 heterocycles. The molecule has 0 atom stereocenters. The van der Waals surface area contributed by atoms with Crippen molar-refractivity contribution in [3.05, 3.63) is 71.4 Å². The first-order valence-electron chi connectivity index (χ1n) is 7.87. The van der Waals surface area contributed by atoms with Crippen LogP contribution in [0.5, 0.6) is 0 Å². The van der Waals surface area contributed by atoms with E-state index < -0.39 is 17.6 Å². The van der Waals surface area contributed by atoms with Crippen LogP contribution in [0.1, 0.15) is 21.6 Å². The van der Waals surface area contributed by atoms with Crippen LogP contribution >= 0.6 is 0 Å². The highest BCUT2D eigenvalue weighted by molar-refractivity contribution is 5.95. The Labute approximate surface area is 143 Å². The van der Waals surface area contributed by atoms with E-state index in [-0.39, 0.29) is 12.1 Å². The van der Waals surface area contributed by atoms with E-state index in [2.05, 4.69) is 5.32 Å². The van der Waals surface area contributed by atoms with Gasteiger partial charge in [0.25, 0.3) is 5.91 Å². The number of amides is 1. The van der Waals surface area contributed by atoms with Crippen LogP contribution in [0.2, 0.25) is 0 Å². The molecule has 3 aromatic rings. The fourth-order valence-electron chi connectivity index (χ4n) is 2.95. The Morgan fingerprint density at radius 2 is 1.76 bits per heavy atom. The number of hydrogen-bond donors (Lipinski definition) is 1. The third-order valence-electron chi connectivity index (χ3n) is 4.12. The SMILES string of the molecule is Cc1cc2ccccc2n1CCNC(=O)c1ccccc1C(F)(F)F. The van der Waals surface area contributed by atoms with Crippen LogP contribution in [0, 0.1) is 6.92 Å². The standard InChI is InChI=1S/C19H17F3N2O/c1-13-12-14-6-2-5-9-17(14)24(13)11-10-23-18(25)15-7-3-4-8-16(15)19(20,21)22/h2-9,12H,10-11H2,1H3,(H,23,25). The number of nitrogens with zero attached hydrogens (tertiary/aromatic N) is 1. The predicted octanol–water partition coefficient (Wildman–Crippen LogP) is 4.40. The number of carbonyl (C=O) groups is 1. The van der Waals surface area contributed by atoms with Gasteiger partial charge in [-0.25, -0.2) is 0 Å². The van der Waals surface area contributed by atoms with Crippen LogP contribution in [0.3, 0.4) is 0 Å². The van der Waals surface area contributed by atoms with Crippen molar-refractivity contribution < 1.29 is 18.0 Å². The van der Waals surface area contributed by atoms with E-state index in [0.717, 1.165) is 22.7 Å². The minimum Gasteiger partial charge on any atom is -0.350 e. The van der Waals surface area contributed by atoms with Gasteiger partial charge in [0.05, 0.1) is 11.1 Å². The van der Waals surface area contributed by atoms with E-state index >= 15 is 0 Å². The lowest BCUT2D eigenvalue weighted by Crippen LogP contribution is -2.29. The Kier molecular flexibility index (Phi) is 4.53.